The molecule has 1 N–H and O–H groups in total. The number of halogens is 1. The van der Waals surface area contributed by atoms with Crippen LogP contribution < -0.4 is 0 Å². The Hall–Kier alpha value is -2.98. The highest BCUT2D eigenvalue weighted by atomic mass is 35.5. The predicted octanol–water partition coefficient (Wildman–Crippen LogP) is 6.35. The molecule has 0 bridgehead atoms. The van der Waals surface area contributed by atoms with Crippen molar-refractivity contribution in [1.29, 1.82) is 5.41 Å². The van der Waals surface area contributed by atoms with E-state index in [2.05, 4.69) is 69.3 Å². The van der Waals surface area contributed by atoms with Crippen LogP contribution in [0.4, 0.5) is 0 Å². The largest absolute Gasteiger partial charge is 0.477 e. The summed E-state index contributed by atoms with van der Waals surface area (Å²) in [5.41, 5.74) is 4.53. The Morgan fingerprint density at radius 3 is 1.71 bits per heavy atom. The molecular weight excluding hydrogens is 640 g/mol. The first-order valence-electron chi connectivity index (χ1n) is 17.4. The number of hydrogen-bond donors (Lipinski definition) is 1. The Morgan fingerprint density at radius 1 is 0.755 bits per heavy atom. The van der Waals surface area contributed by atoms with Crippen LogP contribution in [0.2, 0.25) is 0 Å². The van der Waals surface area contributed by atoms with E-state index in [0.717, 1.165) is 18.5 Å². The average Bonchev–Trinajstić information content (AvgIpc) is 3.06. The van der Waals surface area contributed by atoms with E-state index in [9.17, 15) is 9.59 Å². The fourth-order valence-electron chi connectivity index (χ4n) is 5.37. The smallest absolute Gasteiger partial charge is 0.307 e. The summed E-state index contributed by atoms with van der Waals surface area (Å²) in [6, 6.07) is 17.3. The molecule has 10 heteroatoms. The van der Waals surface area contributed by atoms with E-state index >= 15 is 0 Å². The fraction of sp³-hybridized carbons (Fsp3) is 0.615. The van der Waals surface area contributed by atoms with Gasteiger partial charge in [0, 0.05) is 31.5 Å². The van der Waals surface area contributed by atoms with E-state index < -0.39 is 6.10 Å². The maximum atomic E-state index is 12.6. The quantitative estimate of drug-likeness (QED) is 0.0658. The number of rotatable bonds is 22. The Balaban J connectivity index is 2.03. The number of carbonyl (C=O) groups excluding carboxylic acids is 2. The molecule has 0 aliphatic heterocycles. The number of benzene rings is 2. The van der Waals surface area contributed by atoms with Crippen molar-refractivity contribution in [3.63, 3.8) is 0 Å². The summed E-state index contributed by atoms with van der Waals surface area (Å²) < 4.78 is 17.2. The molecule has 0 aliphatic carbocycles. The van der Waals surface area contributed by atoms with Gasteiger partial charge < -0.3 is 28.9 Å². The summed E-state index contributed by atoms with van der Waals surface area (Å²) in [4.78, 5) is 30.7. The molecule has 0 radical (unpaired) electrons. The summed E-state index contributed by atoms with van der Waals surface area (Å²) in [6.07, 6.45) is 2.48. The molecule has 0 spiro atoms. The van der Waals surface area contributed by atoms with Crippen molar-refractivity contribution in [1.82, 2.24) is 14.7 Å². The topological polar surface area (TPSA) is 95.4 Å². The van der Waals surface area contributed by atoms with Crippen LogP contribution in [0.1, 0.15) is 81.0 Å². The standard InChI is InChI=1S/C39H61ClN4O5/c1-29(26-35(49-38(46)22-25-44(8)9)28-47-36(41)20-23-42(4)5)31-13-17-33(18-14-31)39(2,3)32-15-10-30(11-16-32)12-19-34(27-40)48-37(45)21-24-43(6)7/h10-11,13-18,29,34-35,41H,12,19-28H2,1-9H3. The highest BCUT2D eigenvalue weighted by molar-refractivity contribution is 6.18. The molecule has 274 valence electrons. The van der Waals surface area contributed by atoms with Crippen molar-refractivity contribution < 1.29 is 23.8 Å². The number of esters is 2. The highest BCUT2D eigenvalue weighted by Crippen LogP contribution is 2.33. The predicted molar refractivity (Wildman–Crippen MR) is 200 cm³/mol. The SMILES string of the molecule is CC(CC(COC(=N)CCN(C)C)OC(=O)CCN(C)C)c1ccc(C(C)(C)c2ccc(CCC(CCl)OC(=O)CCN(C)C)cc2)cc1. The van der Waals surface area contributed by atoms with Gasteiger partial charge in [-0.15, -0.1) is 11.6 Å². The molecule has 0 aromatic heterocycles. The zero-order valence-corrected chi connectivity index (χ0v) is 32.1. The Kier molecular flexibility index (Phi) is 18.3. The van der Waals surface area contributed by atoms with Crippen molar-refractivity contribution in [3.8, 4) is 0 Å². The Morgan fingerprint density at radius 2 is 1.22 bits per heavy atom. The Bertz CT molecular complexity index is 1280. The lowest BCUT2D eigenvalue weighted by molar-refractivity contribution is -0.151. The summed E-state index contributed by atoms with van der Waals surface area (Å²) >= 11 is 6.11. The second kappa shape index (κ2) is 21.3. The number of hydrogen-bond acceptors (Lipinski definition) is 9. The van der Waals surface area contributed by atoms with Crippen LogP contribution in [0.15, 0.2) is 48.5 Å². The molecular formula is C39H61ClN4O5. The van der Waals surface area contributed by atoms with Crippen molar-refractivity contribution in [2.75, 3.05) is 74.4 Å². The minimum absolute atomic E-state index is 0.117. The van der Waals surface area contributed by atoms with Gasteiger partial charge in [0.1, 0.15) is 18.8 Å². The van der Waals surface area contributed by atoms with Gasteiger partial charge in [-0.3, -0.25) is 15.0 Å². The second-order valence-electron chi connectivity index (χ2n) is 14.4. The van der Waals surface area contributed by atoms with Gasteiger partial charge >= 0.3 is 11.9 Å². The maximum Gasteiger partial charge on any atom is 0.307 e. The van der Waals surface area contributed by atoms with Gasteiger partial charge in [0.2, 0.25) is 0 Å². The summed E-state index contributed by atoms with van der Waals surface area (Å²) in [6.45, 7) is 8.74. The minimum atomic E-state index is -0.450. The third-order valence-corrected chi connectivity index (χ3v) is 9.12. The molecule has 2 aromatic rings. The molecule has 0 heterocycles. The lowest BCUT2D eigenvalue weighted by atomic mass is 9.77. The zero-order chi connectivity index (χ0) is 36.6. The van der Waals surface area contributed by atoms with Crippen LogP contribution >= 0.6 is 11.6 Å². The van der Waals surface area contributed by atoms with Crippen molar-refractivity contribution >= 4 is 29.4 Å². The van der Waals surface area contributed by atoms with Crippen LogP contribution in [-0.2, 0) is 35.6 Å². The van der Waals surface area contributed by atoms with Gasteiger partial charge in [-0.1, -0.05) is 69.3 Å². The van der Waals surface area contributed by atoms with E-state index in [1.165, 1.54) is 16.7 Å². The normalized spacial score (nSPS) is 13.7. The minimum Gasteiger partial charge on any atom is -0.477 e. The molecule has 3 unspecified atom stereocenters. The third kappa shape index (κ3) is 16.1. The maximum absolute atomic E-state index is 12.6. The zero-order valence-electron chi connectivity index (χ0n) is 31.4. The first kappa shape index (κ1) is 42.2. The van der Waals surface area contributed by atoms with E-state index in [-0.39, 0.29) is 47.8 Å². The molecule has 0 saturated carbocycles. The lowest BCUT2D eigenvalue weighted by Crippen LogP contribution is -2.29. The van der Waals surface area contributed by atoms with E-state index in [4.69, 9.17) is 31.2 Å². The molecule has 0 amide bonds. The Labute approximate surface area is 300 Å². The fourth-order valence-corrected chi connectivity index (χ4v) is 5.59. The molecule has 2 rings (SSSR count). The van der Waals surface area contributed by atoms with Crippen molar-refractivity contribution in [2.45, 2.75) is 82.8 Å². The van der Waals surface area contributed by atoms with E-state index in [1.54, 1.807) is 0 Å². The molecule has 3 atom stereocenters. The van der Waals surface area contributed by atoms with E-state index in [0.29, 0.717) is 45.2 Å². The number of alkyl halides is 1. The van der Waals surface area contributed by atoms with Crippen molar-refractivity contribution in [3.05, 3.63) is 70.8 Å². The lowest BCUT2D eigenvalue weighted by Gasteiger charge is -2.27. The summed E-state index contributed by atoms with van der Waals surface area (Å²) in [5.74, 6) is 0.136. The molecule has 9 nitrogen and oxygen atoms in total. The van der Waals surface area contributed by atoms with Gasteiger partial charge in [0.05, 0.1) is 18.7 Å². The second-order valence-corrected chi connectivity index (χ2v) is 14.7. The van der Waals surface area contributed by atoms with Crippen LogP contribution in [0, 0.1) is 5.41 Å². The highest BCUT2D eigenvalue weighted by Gasteiger charge is 2.25. The number of ether oxygens (including phenoxy) is 3. The number of aryl methyl sites for hydroxylation is 1. The average molecular weight is 701 g/mol. The molecule has 0 fully saturated rings. The van der Waals surface area contributed by atoms with Gasteiger partial charge in [-0.2, -0.15) is 0 Å². The van der Waals surface area contributed by atoms with Gasteiger partial charge in [-0.05, 0) is 89.7 Å². The first-order valence-corrected chi connectivity index (χ1v) is 17.9. The summed E-state index contributed by atoms with van der Waals surface area (Å²) in [7, 11) is 11.6. The number of nitrogens with one attached hydrogen (secondary N) is 1. The van der Waals surface area contributed by atoms with Gasteiger partial charge in [0.15, 0.2) is 5.90 Å². The van der Waals surface area contributed by atoms with Crippen LogP contribution in [0.5, 0.6) is 0 Å². The van der Waals surface area contributed by atoms with Crippen LogP contribution in [0.3, 0.4) is 0 Å². The van der Waals surface area contributed by atoms with Crippen molar-refractivity contribution in [2.24, 2.45) is 0 Å². The molecule has 0 saturated heterocycles. The van der Waals surface area contributed by atoms with Crippen LogP contribution in [0.25, 0.3) is 0 Å². The number of carbonyl (C=O) groups is 2. The number of nitrogens with zero attached hydrogens (tertiary/aromatic N) is 3. The first-order chi connectivity index (χ1) is 23.1. The third-order valence-electron chi connectivity index (χ3n) is 8.77. The van der Waals surface area contributed by atoms with Gasteiger partial charge in [0.25, 0.3) is 0 Å². The molecule has 49 heavy (non-hydrogen) atoms. The monoisotopic (exact) mass is 700 g/mol. The van der Waals surface area contributed by atoms with E-state index in [1.807, 2.05) is 57.0 Å². The molecule has 2 aromatic carbocycles. The molecule has 0 aliphatic rings. The summed E-state index contributed by atoms with van der Waals surface area (Å²) in [5, 5.41) is 8.18. The van der Waals surface area contributed by atoms with Crippen LogP contribution in [-0.4, -0.2) is 119 Å². The van der Waals surface area contributed by atoms with Gasteiger partial charge in [-0.25, -0.2) is 0 Å².